The van der Waals surface area contributed by atoms with Gasteiger partial charge in [-0.15, -0.1) is 11.3 Å². The Labute approximate surface area is 69.3 Å². The van der Waals surface area contributed by atoms with E-state index < -0.39 is 5.67 Å². The summed E-state index contributed by atoms with van der Waals surface area (Å²) in [4.78, 5) is 4.80. The summed E-state index contributed by atoms with van der Waals surface area (Å²) in [6.07, 6.45) is 2.05. The van der Waals surface area contributed by atoms with E-state index in [4.69, 9.17) is 5.73 Å². The molecule has 2 N–H and O–H groups in total. The number of hydrogen-bond acceptors (Lipinski definition) is 3. The number of nitrogens with zero attached hydrogens (tertiary/aromatic N) is 1. The topological polar surface area (TPSA) is 38.9 Å². The van der Waals surface area contributed by atoms with Crippen LogP contribution in [0.15, 0.2) is 11.7 Å². The number of nitrogens with two attached hydrogens (primary N) is 1. The van der Waals surface area contributed by atoms with E-state index >= 15 is 0 Å². The van der Waals surface area contributed by atoms with Crippen molar-refractivity contribution in [2.45, 2.75) is 19.0 Å². The zero-order valence-electron chi connectivity index (χ0n) is 6.38. The van der Waals surface area contributed by atoms with Gasteiger partial charge in [0.1, 0.15) is 5.67 Å². The van der Waals surface area contributed by atoms with E-state index in [1.807, 2.05) is 0 Å². The molecule has 4 heteroatoms. The maximum Gasteiger partial charge on any atom is 0.125 e. The largest absolute Gasteiger partial charge is 0.328 e. The molecule has 0 bridgehead atoms. The second-order valence-corrected chi connectivity index (χ2v) is 3.73. The lowest BCUT2D eigenvalue weighted by Gasteiger charge is -2.15. The van der Waals surface area contributed by atoms with Gasteiger partial charge in [-0.1, -0.05) is 0 Å². The lowest BCUT2D eigenvalue weighted by molar-refractivity contribution is 0.201. The van der Waals surface area contributed by atoms with Crippen LogP contribution in [-0.4, -0.2) is 17.2 Å². The third-order valence-electron chi connectivity index (χ3n) is 1.45. The summed E-state index contributed by atoms with van der Waals surface area (Å²) in [5, 5.41) is 0. The highest BCUT2D eigenvalue weighted by molar-refractivity contribution is 7.09. The molecule has 0 saturated heterocycles. The summed E-state index contributed by atoms with van der Waals surface area (Å²) in [7, 11) is 0. The molecule has 1 atom stereocenters. The number of alkyl halides is 1. The first kappa shape index (κ1) is 8.62. The second kappa shape index (κ2) is 3.28. The van der Waals surface area contributed by atoms with Crippen LogP contribution in [0, 0.1) is 0 Å². The van der Waals surface area contributed by atoms with Crippen molar-refractivity contribution in [3.63, 3.8) is 0 Å². The van der Waals surface area contributed by atoms with Crippen LogP contribution in [0.2, 0.25) is 0 Å². The SMILES string of the molecule is CC(F)(CN)Cc1cncs1. The van der Waals surface area contributed by atoms with Crippen molar-refractivity contribution in [2.75, 3.05) is 6.54 Å². The molecule has 0 amide bonds. The molecule has 1 heterocycles. The number of rotatable bonds is 3. The van der Waals surface area contributed by atoms with Crippen LogP contribution in [0.5, 0.6) is 0 Å². The van der Waals surface area contributed by atoms with E-state index in [1.165, 1.54) is 18.3 Å². The van der Waals surface area contributed by atoms with E-state index in [0.717, 1.165) is 4.88 Å². The predicted octanol–water partition coefficient (Wildman–Crippen LogP) is 1.37. The molecule has 0 spiro atoms. The highest BCUT2D eigenvalue weighted by atomic mass is 32.1. The number of halogens is 1. The Balaban J connectivity index is 2.56. The van der Waals surface area contributed by atoms with Gasteiger partial charge < -0.3 is 5.73 Å². The molecule has 0 fully saturated rings. The van der Waals surface area contributed by atoms with Gasteiger partial charge in [0.25, 0.3) is 0 Å². The van der Waals surface area contributed by atoms with E-state index in [2.05, 4.69) is 4.98 Å². The van der Waals surface area contributed by atoms with Crippen molar-refractivity contribution in [1.82, 2.24) is 4.98 Å². The van der Waals surface area contributed by atoms with E-state index in [9.17, 15) is 4.39 Å². The Bertz CT molecular complexity index is 208. The van der Waals surface area contributed by atoms with Crippen LogP contribution >= 0.6 is 11.3 Å². The van der Waals surface area contributed by atoms with Gasteiger partial charge in [0.05, 0.1) is 5.51 Å². The van der Waals surface area contributed by atoms with Crippen LogP contribution in [0.25, 0.3) is 0 Å². The van der Waals surface area contributed by atoms with Gasteiger partial charge in [-0.05, 0) is 6.92 Å². The highest BCUT2D eigenvalue weighted by Crippen LogP contribution is 2.18. The Hall–Kier alpha value is -0.480. The molecule has 0 aliphatic rings. The van der Waals surface area contributed by atoms with Crippen molar-refractivity contribution in [2.24, 2.45) is 5.73 Å². The summed E-state index contributed by atoms with van der Waals surface area (Å²) in [6, 6.07) is 0. The van der Waals surface area contributed by atoms with Crippen LogP contribution in [-0.2, 0) is 6.42 Å². The smallest absolute Gasteiger partial charge is 0.125 e. The molecule has 1 aromatic rings. The van der Waals surface area contributed by atoms with Crippen LogP contribution < -0.4 is 5.73 Å². The summed E-state index contributed by atoms with van der Waals surface area (Å²) in [5.74, 6) is 0. The molecule has 0 saturated carbocycles. The number of thiazole rings is 1. The van der Waals surface area contributed by atoms with Gasteiger partial charge in [0.2, 0.25) is 0 Å². The third-order valence-corrected chi connectivity index (χ3v) is 2.23. The first-order chi connectivity index (χ1) is 5.14. The molecular formula is C7H11FN2S. The van der Waals surface area contributed by atoms with Crippen molar-refractivity contribution in [1.29, 1.82) is 0 Å². The molecule has 11 heavy (non-hydrogen) atoms. The first-order valence-corrected chi connectivity index (χ1v) is 4.28. The van der Waals surface area contributed by atoms with E-state index in [1.54, 1.807) is 11.7 Å². The monoisotopic (exact) mass is 174 g/mol. The summed E-state index contributed by atoms with van der Waals surface area (Å²) in [5.41, 5.74) is 5.64. The fourth-order valence-corrected chi connectivity index (χ4v) is 1.53. The molecule has 0 aliphatic carbocycles. The fraction of sp³-hybridized carbons (Fsp3) is 0.571. The second-order valence-electron chi connectivity index (χ2n) is 2.76. The zero-order valence-corrected chi connectivity index (χ0v) is 7.20. The summed E-state index contributed by atoms with van der Waals surface area (Å²) < 4.78 is 13.2. The molecule has 0 aliphatic heterocycles. The molecule has 1 unspecified atom stereocenters. The Morgan fingerprint density at radius 3 is 3.00 bits per heavy atom. The Kier molecular flexibility index (Phi) is 2.57. The average Bonchev–Trinajstić information content (AvgIpc) is 2.39. The van der Waals surface area contributed by atoms with Gasteiger partial charge in [-0.3, -0.25) is 4.98 Å². The van der Waals surface area contributed by atoms with Crippen molar-refractivity contribution < 1.29 is 4.39 Å². The maximum absolute atomic E-state index is 13.2. The summed E-state index contributed by atoms with van der Waals surface area (Å²) >= 11 is 1.46. The van der Waals surface area contributed by atoms with Crippen LogP contribution in [0.4, 0.5) is 4.39 Å². The van der Waals surface area contributed by atoms with Gasteiger partial charge >= 0.3 is 0 Å². The minimum atomic E-state index is -1.29. The van der Waals surface area contributed by atoms with Crippen molar-refractivity contribution in [3.05, 3.63) is 16.6 Å². The fourth-order valence-electron chi connectivity index (χ4n) is 0.765. The quantitative estimate of drug-likeness (QED) is 0.751. The van der Waals surface area contributed by atoms with Crippen molar-refractivity contribution in [3.8, 4) is 0 Å². The molecule has 62 valence electrons. The number of aromatic nitrogens is 1. The average molecular weight is 174 g/mol. The molecule has 0 aromatic carbocycles. The minimum Gasteiger partial charge on any atom is -0.328 e. The third kappa shape index (κ3) is 2.55. The zero-order chi connectivity index (χ0) is 8.32. The minimum absolute atomic E-state index is 0.0604. The lowest BCUT2D eigenvalue weighted by Crippen LogP contribution is -2.31. The predicted molar refractivity (Wildman–Crippen MR) is 44.4 cm³/mol. The van der Waals surface area contributed by atoms with Gasteiger partial charge in [0.15, 0.2) is 0 Å². The van der Waals surface area contributed by atoms with Gasteiger partial charge in [0, 0.05) is 24.0 Å². The molecule has 0 radical (unpaired) electrons. The standard InChI is InChI=1S/C7H11FN2S/c1-7(8,4-9)2-6-3-10-5-11-6/h3,5H,2,4,9H2,1H3. The van der Waals surface area contributed by atoms with Crippen LogP contribution in [0.3, 0.4) is 0 Å². The molecule has 1 rings (SSSR count). The normalized spacial score (nSPS) is 16.3. The Morgan fingerprint density at radius 2 is 2.55 bits per heavy atom. The van der Waals surface area contributed by atoms with Gasteiger partial charge in [-0.25, -0.2) is 4.39 Å². The van der Waals surface area contributed by atoms with E-state index in [-0.39, 0.29) is 6.54 Å². The van der Waals surface area contributed by atoms with Gasteiger partial charge in [-0.2, -0.15) is 0 Å². The lowest BCUT2D eigenvalue weighted by atomic mass is 10.0. The first-order valence-electron chi connectivity index (χ1n) is 3.40. The maximum atomic E-state index is 13.2. The number of hydrogen-bond donors (Lipinski definition) is 1. The van der Waals surface area contributed by atoms with Crippen LogP contribution in [0.1, 0.15) is 11.8 Å². The summed E-state index contributed by atoms with van der Waals surface area (Å²) in [6.45, 7) is 1.57. The molecule has 1 aromatic heterocycles. The van der Waals surface area contributed by atoms with E-state index in [0.29, 0.717) is 6.42 Å². The highest BCUT2D eigenvalue weighted by Gasteiger charge is 2.21. The molecule has 2 nitrogen and oxygen atoms in total. The van der Waals surface area contributed by atoms with Crippen molar-refractivity contribution >= 4 is 11.3 Å². The Morgan fingerprint density at radius 1 is 1.82 bits per heavy atom. The molecular weight excluding hydrogens is 163 g/mol.